The average Bonchev–Trinajstić information content (AvgIpc) is 2.65. The van der Waals surface area contributed by atoms with E-state index in [1.54, 1.807) is 0 Å². The minimum atomic E-state index is 0.243. The summed E-state index contributed by atoms with van der Waals surface area (Å²) >= 11 is 0. The molecular formula is C15H17N. The van der Waals surface area contributed by atoms with Crippen LogP contribution in [0.5, 0.6) is 0 Å². The predicted octanol–water partition coefficient (Wildman–Crippen LogP) is 2.96. The van der Waals surface area contributed by atoms with E-state index in [0.717, 1.165) is 19.5 Å². The molecule has 0 amide bonds. The molecule has 16 heavy (non-hydrogen) atoms. The molecule has 2 unspecified atom stereocenters. The molecule has 1 spiro atoms. The quantitative estimate of drug-likeness (QED) is 0.637. The van der Waals surface area contributed by atoms with Crippen LogP contribution < -0.4 is 0 Å². The van der Waals surface area contributed by atoms with Crippen molar-refractivity contribution in [2.45, 2.75) is 18.8 Å². The summed E-state index contributed by atoms with van der Waals surface area (Å²) in [5, 5.41) is 0. The lowest BCUT2D eigenvalue weighted by molar-refractivity contribution is 0.170. The highest BCUT2D eigenvalue weighted by atomic mass is 15.1. The van der Waals surface area contributed by atoms with Crippen molar-refractivity contribution in [2.24, 2.45) is 5.92 Å². The normalized spacial score (nSPS) is 33.2. The Morgan fingerprint density at radius 1 is 1.38 bits per heavy atom. The van der Waals surface area contributed by atoms with Crippen molar-refractivity contribution >= 4 is 6.08 Å². The molecular weight excluding hydrogens is 194 g/mol. The van der Waals surface area contributed by atoms with Crippen molar-refractivity contribution < 1.29 is 0 Å². The van der Waals surface area contributed by atoms with Crippen LogP contribution in [0.3, 0.4) is 0 Å². The van der Waals surface area contributed by atoms with Crippen LogP contribution in [-0.2, 0) is 5.41 Å². The van der Waals surface area contributed by atoms with Gasteiger partial charge in [-0.1, -0.05) is 43.3 Å². The highest BCUT2D eigenvalue weighted by Crippen LogP contribution is 2.46. The van der Waals surface area contributed by atoms with E-state index in [9.17, 15) is 0 Å². The number of piperidine rings is 1. The van der Waals surface area contributed by atoms with Gasteiger partial charge in [0, 0.05) is 19.0 Å². The zero-order valence-electron chi connectivity index (χ0n) is 9.69. The van der Waals surface area contributed by atoms with Crippen molar-refractivity contribution in [3.63, 3.8) is 0 Å². The standard InChI is InChI=1S/C15H17N/c1-12-11-16(2)10-9-15(12)8-7-13-5-3-4-6-14(13)15/h2-8,12H,9-11H2,1H3. The lowest BCUT2D eigenvalue weighted by atomic mass is 9.68. The number of hydrogen-bond acceptors (Lipinski definition) is 1. The van der Waals surface area contributed by atoms with Crippen molar-refractivity contribution in [3.8, 4) is 0 Å². The van der Waals surface area contributed by atoms with Gasteiger partial charge in [0.05, 0.1) is 0 Å². The van der Waals surface area contributed by atoms with Gasteiger partial charge in [-0.2, -0.15) is 0 Å². The summed E-state index contributed by atoms with van der Waals surface area (Å²) in [5.41, 5.74) is 3.13. The Morgan fingerprint density at radius 3 is 3.00 bits per heavy atom. The minimum absolute atomic E-state index is 0.243. The first kappa shape index (κ1) is 10.1. The molecule has 1 aliphatic heterocycles. The molecule has 0 N–H and O–H groups in total. The number of rotatable bonds is 0. The SMILES string of the molecule is [CH]N1CCC2(C=Cc3ccccc32)C(C)C1. The molecule has 1 fully saturated rings. The zero-order chi connectivity index (χ0) is 11.2. The first-order valence-electron chi connectivity index (χ1n) is 6.01. The summed E-state index contributed by atoms with van der Waals surface area (Å²) in [6, 6.07) is 8.75. The van der Waals surface area contributed by atoms with E-state index in [-0.39, 0.29) is 5.41 Å². The number of hydrogen-bond donors (Lipinski definition) is 0. The minimum Gasteiger partial charge on any atom is -0.297 e. The van der Waals surface area contributed by atoms with Crippen molar-refractivity contribution in [1.29, 1.82) is 0 Å². The average molecular weight is 211 g/mol. The van der Waals surface area contributed by atoms with Crippen LogP contribution >= 0.6 is 0 Å². The number of benzene rings is 1. The summed E-state index contributed by atoms with van der Waals surface area (Å²) in [4.78, 5) is 1.95. The van der Waals surface area contributed by atoms with Crippen LogP contribution in [0.1, 0.15) is 24.5 Å². The maximum atomic E-state index is 5.91. The van der Waals surface area contributed by atoms with Gasteiger partial charge in [0.1, 0.15) is 0 Å². The predicted molar refractivity (Wildman–Crippen MR) is 66.8 cm³/mol. The van der Waals surface area contributed by atoms with Gasteiger partial charge in [-0.3, -0.25) is 4.90 Å². The Kier molecular flexibility index (Phi) is 2.18. The molecule has 1 aliphatic carbocycles. The fourth-order valence-corrected chi connectivity index (χ4v) is 3.22. The topological polar surface area (TPSA) is 3.24 Å². The number of allylic oxidation sites excluding steroid dienone is 1. The monoisotopic (exact) mass is 211 g/mol. The van der Waals surface area contributed by atoms with E-state index in [1.807, 2.05) is 4.90 Å². The van der Waals surface area contributed by atoms with E-state index >= 15 is 0 Å². The molecule has 0 bridgehead atoms. The number of fused-ring (bicyclic) bond motifs is 2. The fourth-order valence-electron chi connectivity index (χ4n) is 3.22. The van der Waals surface area contributed by atoms with Gasteiger partial charge >= 0.3 is 0 Å². The highest BCUT2D eigenvalue weighted by molar-refractivity contribution is 5.65. The molecule has 0 saturated carbocycles. The van der Waals surface area contributed by atoms with E-state index < -0.39 is 0 Å². The van der Waals surface area contributed by atoms with Gasteiger partial charge in [0.15, 0.2) is 0 Å². The van der Waals surface area contributed by atoms with Crippen molar-refractivity contribution in [3.05, 3.63) is 48.5 Å². The van der Waals surface area contributed by atoms with Crippen molar-refractivity contribution in [1.82, 2.24) is 4.90 Å². The molecule has 1 saturated heterocycles. The molecule has 0 aromatic heterocycles. The molecule has 82 valence electrons. The Hall–Kier alpha value is -1.08. The third kappa shape index (κ3) is 1.28. The van der Waals surface area contributed by atoms with Crippen molar-refractivity contribution in [2.75, 3.05) is 13.1 Å². The summed E-state index contributed by atoms with van der Waals surface area (Å²) in [5.74, 6) is 0.589. The fraction of sp³-hybridized carbons (Fsp3) is 0.400. The van der Waals surface area contributed by atoms with Gasteiger partial charge in [0.2, 0.25) is 0 Å². The maximum Gasteiger partial charge on any atom is 0.0438 e. The molecule has 3 rings (SSSR count). The van der Waals surface area contributed by atoms with Gasteiger partial charge in [-0.05, 0) is 30.0 Å². The van der Waals surface area contributed by atoms with E-state index in [2.05, 4.69) is 43.3 Å². The van der Waals surface area contributed by atoms with E-state index in [1.165, 1.54) is 11.1 Å². The lowest BCUT2D eigenvalue weighted by Crippen LogP contribution is -2.45. The van der Waals surface area contributed by atoms with E-state index in [0.29, 0.717) is 5.92 Å². The van der Waals surface area contributed by atoms with Crippen LogP contribution in [0.2, 0.25) is 0 Å². The molecule has 1 aromatic rings. The molecule has 2 atom stereocenters. The summed E-state index contributed by atoms with van der Waals surface area (Å²) in [6.07, 6.45) is 5.81. The second-order valence-electron chi connectivity index (χ2n) is 5.11. The van der Waals surface area contributed by atoms with Crippen LogP contribution in [0.4, 0.5) is 0 Å². The Morgan fingerprint density at radius 2 is 2.19 bits per heavy atom. The second-order valence-corrected chi connectivity index (χ2v) is 5.11. The zero-order valence-corrected chi connectivity index (χ0v) is 9.69. The first-order chi connectivity index (χ1) is 7.72. The van der Waals surface area contributed by atoms with Gasteiger partial charge < -0.3 is 0 Å². The van der Waals surface area contributed by atoms with Crippen LogP contribution in [0.15, 0.2) is 30.3 Å². The van der Waals surface area contributed by atoms with Gasteiger partial charge in [-0.25, -0.2) is 0 Å². The van der Waals surface area contributed by atoms with Gasteiger partial charge in [-0.15, -0.1) is 0 Å². The Labute approximate surface area is 97.8 Å². The molecule has 2 radical (unpaired) electrons. The number of likely N-dealkylation sites (tertiary alicyclic amines) is 1. The lowest BCUT2D eigenvalue weighted by Gasteiger charge is -2.43. The van der Waals surface area contributed by atoms with Crippen LogP contribution in [0.25, 0.3) is 6.08 Å². The maximum absolute atomic E-state index is 5.91. The molecule has 1 heterocycles. The summed E-state index contributed by atoms with van der Waals surface area (Å²) in [7, 11) is 5.91. The third-order valence-electron chi connectivity index (χ3n) is 4.22. The second kappa shape index (κ2) is 3.46. The van der Waals surface area contributed by atoms with E-state index in [4.69, 9.17) is 7.05 Å². The number of nitrogens with zero attached hydrogens (tertiary/aromatic N) is 1. The molecule has 2 aliphatic rings. The third-order valence-corrected chi connectivity index (χ3v) is 4.22. The molecule has 1 heteroatoms. The van der Waals surface area contributed by atoms with Crippen LogP contribution in [-0.4, -0.2) is 18.0 Å². The largest absolute Gasteiger partial charge is 0.297 e. The summed E-state index contributed by atoms with van der Waals surface area (Å²) < 4.78 is 0. The van der Waals surface area contributed by atoms with Crippen LogP contribution in [0, 0.1) is 13.0 Å². The molecule has 1 nitrogen and oxygen atoms in total. The Balaban J connectivity index is 2.05. The smallest absolute Gasteiger partial charge is 0.0438 e. The summed E-state index contributed by atoms with van der Waals surface area (Å²) in [6.45, 7) is 4.28. The highest BCUT2D eigenvalue weighted by Gasteiger charge is 2.42. The van der Waals surface area contributed by atoms with Gasteiger partial charge in [0.25, 0.3) is 0 Å². The first-order valence-corrected chi connectivity index (χ1v) is 6.01. The molecule has 1 aromatic carbocycles. The Bertz CT molecular complexity index is 435.